The number of hydrogen-bond acceptors (Lipinski definition) is 6. The Bertz CT molecular complexity index is 605. The summed E-state index contributed by atoms with van der Waals surface area (Å²) in [5.74, 6) is 1.94. The summed E-state index contributed by atoms with van der Waals surface area (Å²) in [5, 5.41) is 13.2. The first-order valence-corrected chi connectivity index (χ1v) is 10.1. The van der Waals surface area contributed by atoms with Gasteiger partial charge < -0.3 is 4.57 Å². The maximum atomic E-state index is 4.54. The summed E-state index contributed by atoms with van der Waals surface area (Å²) in [7, 11) is 4.22. The molecule has 0 saturated carbocycles. The van der Waals surface area contributed by atoms with E-state index in [0.717, 1.165) is 46.8 Å². The second-order valence-corrected chi connectivity index (χ2v) is 7.88. The molecule has 1 atom stereocenters. The van der Waals surface area contributed by atoms with Crippen LogP contribution < -0.4 is 0 Å². The van der Waals surface area contributed by atoms with Gasteiger partial charge in [0.1, 0.15) is 0 Å². The third-order valence-electron chi connectivity index (χ3n) is 3.80. The van der Waals surface area contributed by atoms with Gasteiger partial charge in [-0.1, -0.05) is 32.0 Å². The summed E-state index contributed by atoms with van der Waals surface area (Å²) in [6.45, 7) is 7.46. The highest BCUT2D eigenvalue weighted by molar-refractivity contribution is 7.98. The number of nitrogens with zero attached hydrogens (tertiary/aromatic N) is 5. The lowest BCUT2D eigenvalue weighted by Gasteiger charge is -2.23. The average Bonchev–Trinajstić information content (AvgIpc) is 3.10. The van der Waals surface area contributed by atoms with Crippen molar-refractivity contribution in [2.45, 2.75) is 63.5 Å². The molecule has 0 saturated heterocycles. The summed E-state index contributed by atoms with van der Waals surface area (Å²) >= 11 is 3.44. The molecule has 7 heteroatoms. The Morgan fingerprint density at radius 1 is 1.30 bits per heavy atom. The first kappa shape index (κ1) is 18.4. The van der Waals surface area contributed by atoms with Crippen LogP contribution >= 0.6 is 23.1 Å². The highest BCUT2D eigenvalue weighted by Crippen LogP contribution is 2.27. The van der Waals surface area contributed by atoms with E-state index in [1.807, 2.05) is 6.92 Å². The molecule has 0 fully saturated rings. The van der Waals surface area contributed by atoms with Crippen LogP contribution in [0.4, 0.5) is 0 Å². The van der Waals surface area contributed by atoms with Crippen LogP contribution in [-0.4, -0.2) is 38.7 Å². The molecule has 0 bridgehead atoms. The van der Waals surface area contributed by atoms with Crippen LogP contribution in [0.3, 0.4) is 0 Å². The van der Waals surface area contributed by atoms with Crippen LogP contribution in [0.1, 0.15) is 55.7 Å². The van der Waals surface area contributed by atoms with Gasteiger partial charge in [-0.15, -0.1) is 21.5 Å². The first-order valence-electron chi connectivity index (χ1n) is 8.20. The molecule has 128 valence electrons. The Morgan fingerprint density at radius 2 is 2.09 bits per heavy atom. The lowest BCUT2D eigenvalue weighted by atomic mass is 10.2. The largest absolute Gasteiger partial charge is 0.305 e. The molecular formula is C16H27N5S2. The molecule has 0 N–H and O–H groups in total. The number of aryl methyl sites for hydroxylation is 1. The third kappa shape index (κ3) is 4.78. The molecule has 1 unspecified atom stereocenters. The smallest absolute Gasteiger partial charge is 0.191 e. The standard InChI is InChI=1S/C16H27N5S2/c1-6-8-9-21-15(14(7-2)20(4)5)18-19-16(21)23-11-13-10-22-12(3)17-13/h10,14H,6-9,11H2,1-5H3. The number of rotatable bonds is 9. The van der Waals surface area contributed by atoms with E-state index in [1.165, 1.54) is 6.42 Å². The van der Waals surface area contributed by atoms with Crippen LogP contribution in [0, 0.1) is 6.92 Å². The highest BCUT2D eigenvalue weighted by atomic mass is 32.2. The van der Waals surface area contributed by atoms with Crippen molar-refractivity contribution in [3.8, 4) is 0 Å². The van der Waals surface area contributed by atoms with Crippen molar-refractivity contribution < 1.29 is 0 Å². The van der Waals surface area contributed by atoms with Gasteiger partial charge in [0.25, 0.3) is 0 Å². The molecule has 2 aromatic rings. The monoisotopic (exact) mass is 353 g/mol. The first-order chi connectivity index (χ1) is 11.1. The van der Waals surface area contributed by atoms with Gasteiger partial charge in [0.05, 0.1) is 16.7 Å². The van der Waals surface area contributed by atoms with Crippen molar-refractivity contribution in [2.75, 3.05) is 14.1 Å². The zero-order valence-electron chi connectivity index (χ0n) is 14.7. The predicted molar refractivity (Wildman–Crippen MR) is 98.1 cm³/mol. The average molecular weight is 354 g/mol. The summed E-state index contributed by atoms with van der Waals surface area (Å²) < 4.78 is 2.31. The highest BCUT2D eigenvalue weighted by Gasteiger charge is 2.21. The van der Waals surface area contributed by atoms with Crippen molar-refractivity contribution in [1.29, 1.82) is 0 Å². The van der Waals surface area contributed by atoms with Gasteiger partial charge in [-0.25, -0.2) is 4.98 Å². The second kappa shape index (κ2) is 8.80. The van der Waals surface area contributed by atoms with E-state index in [0.29, 0.717) is 6.04 Å². The second-order valence-electron chi connectivity index (χ2n) is 5.88. The van der Waals surface area contributed by atoms with Crippen molar-refractivity contribution in [3.05, 3.63) is 21.9 Å². The minimum Gasteiger partial charge on any atom is -0.305 e. The van der Waals surface area contributed by atoms with Gasteiger partial charge in [0, 0.05) is 17.7 Å². The van der Waals surface area contributed by atoms with E-state index < -0.39 is 0 Å². The maximum Gasteiger partial charge on any atom is 0.191 e. The summed E-state index contributed by atoms with van der Waals surface area (Å²) in [4.78, 5) is 6.76. The third-order valence-corrected chi connectivity index (χ3v) is 5.63. The number of thiazole rings is 1. The lowest BCUT2D eigenvalue weighted by molar-refractivity contribution is 0.270. The SMILES string of the molecule is CCCCn1c(SCc2csc(C)n2)nnc1C(CC)N(C)C. The summed E-state index contributed by atoms with van der Waals surface area (Å²) in [6.07, 6.45) is 3.36. The van der Waals surface area contributed by atoms with Gasteiger partial charge in [-0.05, 0) is 33.9 Å². The zero-order chi connectivity index (χ0) is 16.8. The molecule has 0 spiro atoms. The molecule has 2 rings (SSSR count). The molecule has 0 amide bonds. The number of hydrogen-bond donors (Lipinski definition) is 0. The molecule has 23 heavy (non-hydrogen) atoms. The fourth-order valence-electron chi connectivity index (χ4n) is 2.57. The number of aromatic nitrogens is 4. The van der Waals surface area contributed by atoms with E-state index in [-0.39, 0.29) is 0 Å². The fraction of sp³-hybridized carbons (Fsp3) is 0.688. The van der Waals surface area contributed by atoms with Crippen molar-refractivity contribution in [3.63, 3.8) is 0 Å². The Morgan fingerprint density at radius 3 is 2.65 bits per heavy atom. The van der Waals surface area contributed by atoms with Crippen LogP contribution in [0.25, 0.3) is 0 Å². The van der Waals surface area contributed by atoms with Crippen molar-refractivity contribution in [2.24, 2.45) is 0 Å². The van der Waals surface area contributed by atoms with Crippen LogP contribution in [0.15, 0.2) is 10.5 Å². The molecule has 0 aromatic carbocycles. The van der Waals surface area contributed by atoms with Gasteiger partial charge in [0.15, 0.2) is 11.0 Å². The maximum absolute atomic E-state index is 4.54. The molecule has 2 heterocycles. The van der Waals surface area contributed by atoms with Gasteiger partial charge in [0.2, 0.25) is 0 Å². The zero-order valence-corrected chi connectivity index (χ0v) is 16.4. The van der Waals surface area contributed by atoms with E-state index in [9.17, 15) is 0 Å². The summed E-state index contributed by atoms with van der Waals surface area (Å²) in [6, 6.07) is 0.315. The molecule has 0 aliphatic heterocycles. The lowest BCUT2D eigenvalue weighted by Crippen LogP contribution is -2.23. The van der Waals surface area contributed by atoms with Crippen LogP contribution in [0.5, 0.6) is 0 Å². The van der Waals surface area contributed by atoms with Crippen molar-refractivity contribution in [1.82, 2.24) is 24.6 Å². The van der Waals surface area contributed by atoms with E-state index in [1.54, 1.807) is 23.1 Å². The van der Waals surface area contributed by atoms with Crippen molar-refractivity contribution >= 4 is 23.1 Å². The van der Waals surface area contributed by atoms with Gasteiger partial charge in [-0.2, -0.15) is 0 Å². The molecule has 0 aliphatic rings. The normalized spacial score (nSPS) is 13.0. The van der Waals surface area contributed by atoms with Gasteiger partial charge >= 0.3 is 0 Å². The molecule has 0 aliphatic carbocycles. The van der Waals surface area contributed by atoms with Crippen LogP contribution in [-0.2, 0) is 12.3 Å². The molecular weight excluding hydrogens is 326 g/mol. The van der Waals surface area contributed by atoms with Crippen LogP contribution in [0.2, 0.25) is 0 Å². The van der Waals surface area contributed by atoms with E-state index in [4.69, 9.17) is 0 Å². The fourth-order valence-corrected chi connectivity index (χ4v) is 4.15. The number of thioether (sulfide) groups is 1. The predicted octanol–water partition coefficient (Wildman–Crippen LogP) is 4.15. The molecule has 2 aromatic heterocycles. The number of unbranched alkanes of at least 4 members (excludes halogenated alkanes) is 1. The topological polar surface area (TPSA) is 46.8 Å². The summed E-state index contributed by atoms with van der Waals surface area (Å²) in [5.41, 5.74) is 1.13. The van der Waals surface area contributed by atoms with E-state index >= 15 is 0 Å². The van der Waals surface area contributed by atoms with E-state index in [2.05, 4.69) is 58.0 Å². The Balaban J connectivity index is 2.18. The quantitative estimate of drug-likeness (QED) is 0.634. The Labute approximate surface area is 147 Å². The Hall–Kier alpha value is -0.920. The Kier molecular flexibility index (Phi) is 7.05. The minimum atomic E-state index is 0.315. The van der Waals surface area contributed by atoms with Gasteiger partial charge in [-0.3, -0.25) is 4.90 Å². The molecule has 5 nitrogen and oxygen atoms in total. The molecule has 0 radical (unpaired) electrons. The minimum absolute atomic E-state index is 0.315.